The summed E-state index contributed by atoms with van der Waals surface area (Å²) in [7, 11) is 0. The Labute approximate surface area is 88.2 Å². The van der Waals surface area contributed by atoms with Gasteiger partial charge in [-0.15, -0.1) is 0 Å². The van der Waals surface area contributed by atoms with Crippen LogP contribution in [0, 0.1) is 5.92 Å². The van der Waals surface area contributed by atoms with Gasteiger partial charge in [-0.3, -0.25) is 9.59 Å². The molecule has 0 saturated heterocycles. The van der Waals surface area contributed by atoms with E-state index < -0.39 is 11.9 Å². The Bertz CT molecular complexity index is 409. The Morgan fingerprint density at radius 2 is 2.27 bits per heavy atom. The van der Waals surface area contributed by atoms with E-state index in [2.05, 4.69) is 0 Å². The van der Waals surface area contributed by atoms with Gasteiger partial charge in [-0.05, 0) is 19.4 Å². The first-order valence-electron chi connectivity index (χ1n) is 4.97. The number of aryl methyl sites for hydroxylation is 1. The van der Waals surface area contributed by atoms with Gasteiger partial charge < -0.3 is 9.67 Å². The van der Waals surface area contributed by atoms with Crippen LogP contribution in [-0.2, 0) is 17.8 Å². The summed E-state index contributed by atoms with van der Waals surface area (Å²) in [6.07, 6.45) is 1.99. The third-order valence-corrected chi connectivity index (χ3v) is 2.39. The number of carbonyl (C=O) groups is 1. The van der Waals surface area contributed by atoms with E-state index in [1.165, 1.54) is 0 Å². The highest BCUT2D eigenvalue weighted by molar-refractivity contribution is 5.69. The third-order valence-electron chi connectivity index (χ3n) is 2.39. The van der Waals surface area contributed by atoms with Gasteiger partial charge in [-0.2, -0.15) is 0 Å². The minimum atomic E-state index is -0.874. The van der Waals surface area contributed by atoms with Gasteiger partial charge in [-0.25, -0.2) is 0 Å². The summed E-state index contributed by atoms with van der Waals surface area (Å²) < 4.78 is 1.57. The quantitative estimate of drug-likeness (QED) is 0.808. The molecule has 4 heteroatoms. The van der Waals surface area contributed by atoms with E-state index in [0.29, 0.717) is 12.1 Å². The maximum absolute atomic E-state index is 11.7. The molecule has 4 nitrogen and oxygen atoms in total. The summed E-state index contributed by atoms with van der Waals surface area (Å²) in [6.45, 7) is 4.09. The molecule has 0 aliphatic rings. The average Bonchev–Trinajstić information content (AvgIpc) is 2.21. The van der Waals surface area contributed by atoms with Gasteiger partial charge in [0.05, 0.1) is 5.92 Å². The minimum absolute atomic E-state index is 0.0897. The Kier molecular flexibility index (Phi) is 3.66. The number of aromatic nitrogens is 1. The smallest absolute Gasteiger partial charge is 0.306 e. The van der Waals surface area contributed by atoms with Crippen LogP contribution >= 0.6 is 0 Å². The van der Waals surface area contributed by atoms with Crippen molar-refractivity contribution in [3.8, 4) is 0 Å². The Balaban J connectivity index is 2.96. The lowest BCUT2D eigenvalue weighted by Gasteiger charge is -2.07. The van der Waals surface area contributed by atoms with Gasteiger partial charge in [-0.1, -0.05) is 13.0 Å². The topological polar surface area (TPSA) is 59.3 Å². The molecule has 0 spiro atoms. The van der Waals surface area contributed by atoms with E-state index in [1.54, 1.807) is 29.8 Å². The molecule has 1 atom stereocenters. The van der Waals surface area contributed by atoms with Crippen LogP contribution < -0.4 is 5.56 Å². The molecule has 1 unspecified atom stereocenters. The largest absolute Gasteiger partial charge is 0.481 e. The fourth-order valence-corrected chi connectivity index (χ4v) is 1.41. The molecule has 82 valence electrons. The molecule has 1 aromatic rings. The maximum Gasteiger partial charge on any atom is 0.306 e. The van der Waals surface area contributed by atoms with Crippen molar-refractivity contribution in [2.75, 3.05) is 0 Å². The van der Waals surface area contributed by atoms with E-state index in [0.717, 1.165) is 0 Å². The first-order valence-corrected chi connectivity index (χ1v) is 4.97. The standard InChI is InChI=1S/C11H15NO3/c1-3-12-6-4-5-9(10(12)13)7-8(2)11(14)15/h4-6,8H,3,7H2,1-2H3,(H,14,15). The molecule has 15 heavy (non-hydrogen) atoms. The second-order valence-corrected chi connectivity index (χ2v) is 3.57. The van der Waals surface area contributed by atoms with Crippen LogP contribution in [-0.4, -0.2) is 15.6 Å². The van der Waals surface area contributed by atoms with Gasteiger partial charge >= 0.3 is 5.97 Å². The number of rotatable bonds is 4. The van der Waals surface area contributed by atoms with Crippen LogP contribution in [0.4, 0.5) is 0 Å². The van der Waals surface area contributed by atoms with Crippen LogP contribution in [0.25, 0.3) is 0 Å². The van der Waals surface area contributed by atoms with Gasteiger partial charge in [0.15, 0.2) is 0 Å². The number of nitrogens with zero attached hydrogens (tertiary/aromatic N) is 1. The number of hydrogen-bond donors (Lipinski definition) is 1. The van der Waals surface area contributed by atoms with E-state index >= 15 is 0 Å². The maximum atomic E-state index is 11.7. The van der Waals surface area contributed by atoms with E-state index in [-0.39, 0.29) is 12.0 Å². The molecule has 0 radical (unpaired) electrons. The van der Waals surface area contributed by atoms with Gasteiger partial charge in [0.25, 0.3) is 5.56 Å². The molecular formula is C11H15NO3. The Morgan fingerprint density at radius 3 is 2.80 bits per heavy atom. The summed E-state index contributed by atoms with van der Waals surface area (Å²) in [4.78, 5) is 22.4. The molecule has 0 amide bonds. The highest BCUT2D eigenvalue weighted by Crippen LogP contribution is 2.04. The van der Waals surface area contributed by atoms with Gasteiger partial charge in [0, 0.05) is 18.3 Å². The Morgan fingerprint density at radius 1 is 1.60 bits per heavy atom. The minimum Gasteiger partial charge on any atom is -0.481 e. The number of carboxylic acid groups (broad SMARTS) is 1. The van der Waals surface area contributed by atoms with Crippen molar-refractivity contribution in [2.24, 2.45) is 5.92 Å². The molecule has 1 heterocycles. The highest BCUT2D eigenvalue weighted by Gasteiger charge is 2.13. The molecule has 0 aliphatic carbocycles. The van der Waals surface area contributed by atoms with Gasteiger partial charge in [0.2, 0.25) is 0 Å². The number of hydrogen-bond acceptors (Lipinski definition) is 2. The summed E-state index contributed by atoms with van der Waals surface area (Å²) >= 11 is 0. The lowest BCUT2D eigenvalue weighted by molar-refractivity contribution is -0.141. The van der Waals surface area contributed by atoms with Crippen LogP contribution in [0.5, 0.6) is 0 Å². The molecule has 0 saturated carbocycles. The zero-order valence-electron chi connectivity index (χ0n) is 8.93. The predicted octanol–water partition coefficient (Wildman–Crippen LogP) is 1.13. The van der Waals surface area contributed by atoms with Crippen molar-refractivity contribution in [1.29, 1.82) is 0 Å². The van der Waals surface area contributed by atoms with E-state index in [9.17, 15) is 9.59 Å². The number of aliphatic carboxylic acids is 1. The monoisotopic (exact) mass is 209 g/mol. The lowest BCUT2D eigenvalue weighted by Crippen LogP contribution is -2.25. The predicted molar refractivity (Wildman–Crippen MR) is 56.9 cm³/mol. The van der Waals surface area contributed by atoms with Crippen LogP contribution in [0.15, 0.2) is 23.1 Å². The zero-order chi connectivity index (χ0) is 11.4. The fourth-order valence-electron chi connectivity index (χ4n) is 1.41. The summed E-state index contributed by atoms with van der Waals surface area (Å²) in [6, 6.07) is 3.46. The van der Waals surface area contributed by atoms with Gasteiger partial charge in [0.1, 0.15) is 0 Å². The van der Waals surface area contributed by atoms with Crippen molar-refractivity contribution in [3.63, 3.8) is 0 Å². The SMILES string of the molecule is CCn1cccc(CC(C)C(=O)O)c1=O. The lowest BCUT2D eigenvalue weighted by atomic mass is 10.0. The molecule has 0 aromatic carbocycles. The summed E-state index contributed by atoms with van der Waals surface area (Å²) in [5.74, 6) is -1.40. The first kappa shape index (κ1) is 11.5. The second-order valence-electron chi connectivity index (χ2n) is 3.57. The molecule has 0 fully saturated rings. The van der Waals surface area contributed by atoms with Crippen LogP contribution in [0.1, 0.15) is 19.4 Å². The van der Waals surface area contributed by atoms with Crippen molar-refractivity contribution in [1.82, 2.24) is 4.57 Å². The zero-order valence-corrected chi connectivity index (χ0v) is 8.93. The summed E-state index contributed by atoms with van der Waals surface area (Å²) in [5.41, 5.74) is 0.474. The summed E-state index contributed by atoms with van der Waals surface area (Å²) in [5, 5.41) is 8.75. The molecule has 0 bridgehead atoms. The van der Waals surface area contributed by atoms with Crippen molar-refractivity contribution < 1.29 is 9.90 Å². The van der Waals surface area contributed by atoms with Crippen LogP contribution in [0.2, 0.25) is 0 Å². The third kappa shape index (κ3) is 2.68. The number of carboxylic acids is 1. The normalized spacial score (nSPS) is 12.4. The Hall–Kier alpha value is -1.58. The molecule has 1 N–H and O–H groups in total. The second kappa shape index (κ2) is 4.77. The number of pyridine rings is 1. The first-order chi connectivity index (χ1) is 7.06. The molecular weight excluding hydrogens is 194 g/mol. The van der Waals surface area contributed by atoms with Crippen molar-refractivity contribution in [3.05, 3.63) is 34.2 Å². The van der Waals surface area contributed by atoms with E-state index in [4.69, 9.17) is 5.11 Å². The van der Waals surface area contributed by atoms with Crippen molar-refractivity contribution >= 4 is 5.97 Å². The van der Waals surface area contributed by atoms with Crippen molar-refractivity contribution in [2.45, 2.75) is 26.8 Å². The molecule has 1 rings (SSSR count). The van der Waals surface area contributed by atoms with Crippen LogP contribution in [0.3, 0.4) is 0 Å². The average molecular weight is 209 g/mol. The van der Waals surface area contributed by atoms with E-state index in [1.807, 2.05) is 6.92 Å². The molecule has 0 aliphatic heterocycles. The fraction of sp³-hybridized carbons (Fsp3) is 0.455. The molecule has 1 aromatic heterocycles. The highest BCUT2D eigenvalue weighted by atomic mass is 16.4.